The van der Waals surface area contributed by atoms with Gasteiger partial charge in [0.2, 0.25) is 0 Å². The van der Waals surface area contributed by atoms with Crippen LogP contribution in [0.1, 0.15) is 5.69 Å². The summed E-state index contributed by atoms with van der Waals surface area (Å²) in [5.74, 6) is 1.47. The molecule has 0 saturated carbocycles. The van der Waals surface area contributed by atoms with Crippen LogP contribution in [-0.4, -0.2) is 24.6 Å². The zero-order valence-corrected chi connectivity index (χ0v) is 9.07. The SMILES string of the molecule is Cl.N#Cc1cccc(N2CC(CN)C2)n1. The third kappa shape index (κ3) is 2.38. The van der Waals surface area contributed by atoms with Gasteiger partial charge in [0.1, 0.15) is 17.6 Å². The molecular formula is C10H13ClN4. The van der Waals surface area contributed by atoms with E-state index in [4.69, 9.17) is 11.0 Å². The van der Waals surface area contributed by atoms with Gasteiger partial charge in [-0.25, -0.2) is 4.98 Å². The van der Waals surface area contributed by atoms with Crippen molar-refractivity contribution in [1.82, 2.24) is 4.98 Å². The second-order valence-corrected chi connectivity index (χ2v) is 3.50. The molecule has 0 aromatic carbocycles. The Hall–Kier alpha value is -1.31. The smallest absolute Gasteiger partial charge is 0.142 e. The summed E-state index contributed by atoms with van der Waals surface area (Å²) in [6, 6.07) is 7.53. The molecule has 4 nitrogen and oxygen atoms in total. The first-order chi connectivity index (χ1) is 6.83. The highest BCUT2D eigenvalue weighted by atomic mass is 35.5. The maximum Gasteiger partial charge on any atom is 0.142 e. The van der Waals surface area contributed by atoms with Crippen LogP contribution >= 0.6 is 12.4 Å². The molecule has 5 heteroatoms. The van der Waals surface area contributed by atoms with E-state index in [1.807, 2.05) is 18.2 Å². The molecule has 1 aliphatic heterocycles. The second-order valence-electron chi connectivity index (χ2n) is 3.50. The third-order valence-electron chi connectivity index (χ3n) is 2.46. The Morgan fingerprint density at radius 1 is 1.53 bits per heavy atom. The first-order valence-electron chi connectivity index (χ1n) is 4.65. The number of nitriles is 1. The molecular weight excluding hydrogens is 212 g/mol. The molecule has 2 rings (SSSR count). The predicted octanol–water partition coefficient (Wildman–Crippen LogP) is 0.770. The molecule has 15 heavy (non-hydrogen) atoms. The van der Waals surface area contributed by atoms with E-state index in [1.54, 1.807) is 6.07 Å². The van der Waals surface area contributed by atoms with Gasteiger partial charge in [-0.3, -0.25) is 0 Å². The molecule has 1 saturated heterocycles. The molecule has 0 aliphatic carbocycles. The van der Waals surface area contributed by atoms with E-state index < -0.39 is 0 Å². The van der Waals surface area contributed by atoms with Crippen LogP contribution in [0.2, 0.25) is 0 Å². The monoisotopic (exact) mass is 224 g/mol. The Morgan fingerprint density at radius 3 is 2.87 bits per heavy atom. The normalized spacial score (nSPS) is 15.1. The molecule has 80 valence electrons. The zero-order chi connectivity index (χ0) is 9.97. The molecule has 2 heterocycles. The number of aromatic nitrogens is 1. The fourth-order valence-corrected chi connectivity index (χ4v) is 1.57. The number of rotatable bonds is 2. The van der Waals surface area contributed by atoms with Gasteiger partial charge in [-0.15, -0.1) is 12.4 Å². The van der Waals surface area contributed by atoms with E-state index in [9.17, 15) is 0 Å². The van der Waals surface area contributed by atoms with Crippen LogP contribution in [0.15, 0.2) is 18.2 Å². The van der Waals surface area contributed by atoms with E-state index >= 15 is 0 Å². The largest absolute Gasteiger partial charge is 0.356 e. The standard InChI is InChI=1S/C10H12N4.ClH/c11-4-8-6-14(7-8)10-3-1-2-9(5-12)13-10;/h1-3,8H,4,6-7,11H2;1H. The summed E-state index contributed by atoms with van der Waals surface area (Å²) in [5, 5.41) is 8.68. The molecule has 0 radical (unpaired) electrons. The average molecular weight is 225 g/mol. The van der Waals surface area contributed by atoms with Crippen LogP contribution in [0.3, 0.4) is 0 Å². The Bertz CT molecular complexity index is 368. The van der Waals surface area contributed by atoms with Crippen molar-refractivity contribution in [2.24, 2.45) is 11.7 Å². The Morgan fingerprint density at radius 2 is 2.27 bits per heavy atom. The van der Waals surface area contributed by atoms with Crippen molar-refractivity contribution in [1.29, 1.82) is 5.26 Å². The molecule has 1 aliphatic rings. The average Bonchev–Trinajstić information content (AvgIpc) is 2.17. The molecule has 0 atom stereocenters. The second kappa shape index (κ2) is 4.96. The van der Waals surface area contributed by atoms with E-state index in [-0.39, 0.29) is 12.4 Å². The van der Waals surface area contributed by atoms with Gasteiger partial charge in [-0.2, -0.15) is 5.26 Å². The number of nitrogens with zero attached hydrogens (tertiary/aromatic N) is 3. The van der Waals surface area contributed by atoms with Crippen molar-refractivity contribution in [2.75, 3.05) is 24.5 Å². The summed E-state index contributed by atoms with van der Waals surface area (Å²) in [4.78, 5) is 6.34. The summed E-state index contributed by atoms with van der Waals surface area (Å²) >= 11 is 0. The number of halogens is 1. The summed E-state index contributed by atoms with van der Waals surface area (Å²) in [6.07, 6.45) is 0. The number of pyridine rings is 1. The maximum absolute atomic E-state index is 8.68. The van der Waals surface area contributed by atoms with E-state index in [2.05, 4.69) is 9.88 Å². The summed E-state index contributed by atoms with van der Waals surface area (Å²) in [6.45, 7) is 2.64. The van der Waals surface area contributed by atoms with Crippen molar-refractivity contribution in [3.05, 3.63) is 23.9 Å². The lowest BCUT2D eigenvalue weighted by molar-refractivity contribution is 0.417. The molecule has 1 aromatic rings. The van der Waals surface area contributed by atoms with Gasteiger partial charge >= 0.3 is 0 Å². The number of hydrogen-bond donors (Lipinski definition) is 1. The molecule has 0 spiro atoms. The lowest BCUT2D eigenvalue weighted by Crippen LogP contribution is -2.50. The maximum atomic E-state index is 8.68. The molecule has 0 bridgehead atoms. The zero-order valence-electron chi connectivity index (χ0n) is 8.26. The van der Waals surface area contributed by atoms with Crippen molar-refractivity contribution >= 4 is 18.2 Å². The Labute approximate surface area is 95.1 Å². The molecule has 1 fully saturated rings. The highest BCUT2D eigenvalue weighted by Crippen LogP contribution is 2.21. The quantitative estimate of drug-likeness (QED) is 0.806. The van der Waals surface area contributed by atoms with Crippen LogP contribution in [0.25, 0.3) is 0 Å². The number of hydrogen-bond acceptors (Lipinski definition) is 4. The Kier molecular flexibility index (Phi) is 3.89. The van der Waals surface area contributed by atoms with E-state index in [0.717, 1.165) is 25.5 Å². The topological polar surface area (TPSA) is 65.9 Å². The fraction of sp³-hybridized carbons (Fsp3) is 0.400. The van der Waals surface area contributed by atoms with Crippen LogP contribution in [0, 0.1) is 17.2 Å². The minimum absolute atomic E-state index is 0. The van der Waals surface area contributed by atoms with Crippen LogP contribution in [-0.2, 0) is 0 Å². The minimum atomic E-state index is 0. The highest BCUT2D eigenvalue weighted by Gasteiger charge is 2.26. The van der Waals surface area contributed by atoms with E-state index in [1.165, 1.54) is 0 Å². The lowest BCUT2D eigenvalue weighted by Gasteiger charge is -2.39. The molecule has 0 amide bonds. The predicted molar refractivity (Wildman–Crippen MR) is 61.0 cm³/mol. The Balaban J connectivity index is 0.00000112. The molecule has 1 aromatic heterocycles. The van der Waals surface area contributed by atoms with Gasteiger partial charge in [0.25, 0.3) is 0 Å². The van der Waals surface area contributed by atoms with Crippen LogP contribution in [0.5, 0.6) is 0 Å². The summed E-state index contributed by atoms with van der Waals surface area (Å²) < 4.78 is 0. The molecule has 0 unspecified atom stereocenters. The van der Waals surface area contributed by atoms with Crippen LogP contribution < -0.4 is 10.6 Å². The first kappa shape index (κ1) is 11.8. The third-order valence-corrected chi connectivity index (χ3v) is 2.46. The van der Waals surface area contributed by atoms with Gasteiger partial charge < -0.3 is 10.6 Å². The van der Waals surface area contributed by atoms with Crippen molar-refractivity contribution < 1.29 is 0 Å². The molecule has 2 N–H and O–H groups in total. The first-order valence-corrected chi connectivity index (χ1v) is 4.65. The van der Waals surface area contributed by atoms with Crippen molar-refractivity contribution in [3.63, 3.8) is 0 Å². The van der Waals surface area contributed by atoms with Gasteiger partial charge in [0.15, 0.2) is 0 Å². The summed E-state index contributed by atoms with van der Waals surface area (Å²) in [7, 11) is 0. The number of nitrogens with two attached hydrogens (primary N) is 1. The van der Waals surface area contributed by atoms with Crippen molar-refractivity contribution in [2.45, 2.75) is 0 Å². The van der Waals surface area contributed by atoms with Crippen molar-refractivity contribution in [3.8, 4) is 6.07 Å². The van der Waals surface area contributed by atoms with Gasteiger partial charge in [0.05, 0.1) is 0 Å². The minimum Gasteiger partial charge on any atom is -0.356 e. The summed E-state index contributed by atoms with van der Waals surface area (Å²) in [5.41, 5.74) is 6.00. The van der Waals surface area contributed by atoms with Gasteiger partial charge in [0, 0.05) is 19.0 Å². The highest BCUT2D eigenvalue weighted by molar-refractivity contribution is 5.85. The number of anilines is 1. The van der Waals surface area contributed by atoms with Gasteiger partial charge in [-0.05, 0) is 18.7 Å². The van der Waals surface area contributed by atoms with E-state index in [0.29, 0.717) is 11.6 Å². The van der Waals surface area contributed by atoms with Gasteiger partial charge in [-0.1, -0.05) is 6.07 Å². The fourth-order valence-electron chi connectivity index (χ4n) is 1.57. The van der Waals surface area contributed by atoms with Crippen LogP contribution in [0.4, 0.5) is 5.82 Å². The lowest BCUT2D eigenvalue weighted by atomic mass is 10.0.